The zero-order valence-electron chi connectivity index (χ0n) is 12.5. The van der Waals surface area contributed by atoms with Crippen LogP contribution in [0.3, 0.4) is 0 Å². The Kier molecular flexibility index (Phi) is 4.52. The Morgan fingerprint density at radius 1 is 1.19 bits per heavy atom. The first-order valence-electron chi connectivity index (χ1n) is 6.88. The van der Waals surface area contributed by atoms with Gasteiger partial charge in [-0.05, 0) is 25.5 Å². The Hall–Kier alpha value is -2.43. The molecule has 1 aromatic carbocycles. The van der Waals surface area contributed by atoms with Gasteiger partial charge in [-0.15, -0.1) is 0 Å². The monoisotopic (exact) mass is 285 g/mol. The SMILES string of the molecule is CC(C)n1nc(C(=O)N(C)Cc2ccccc2)ccc1=O. The molecule has 1 amide bonds. The molecule has 2 aromatic rings. The van der Waals surface area contributed by atoms with Gasteiger partial charge in [-0.2, -0.15) is 5.10 Å². The summed E-state index contributed by atoms with van der Waals surface area (Å²) in [6, 6.07) is 12.5. The maximum absolute atomic E-state index is 12.4. The first-order valence-corrected chi connectivity index (χ1v) is 6.88. The van der Waals surface area contributed by atoms with Gasteiger partial charge in [0.05, 0.1) is 6.04 Å². The van der Waals surface area contributed by atoms with Crippen LogP contribution in [-0.2, 0) is 6.54 Å². The van der Waals surface area contributed by atoms with Crippen LogP contribution in [0.5, 0.6) is 0 Å². The van der Waals surface area contributed by atoms with E-state index in [4.69, 9.17) is 0 Å². The van der Waals surface area contributed by atoms with E-state index in [-0.39, 0.29) is 23.2 Å². The summed E-state index contributed by atoms with van der Waals surface area (Å²) in [5.74, 6) is -0.201. The van der Waals surface area contributed by atoms with E-state index in [9.17, 15) is 9.59 Å². The number of carbonyl (C=O) groups excluding carboxylic acids is 1. The minimum atomic E-state index is -0.202. The molecule has 1 aromatic heterocycles. The van der Waals surface area contributed by atoms with Crippen LogP contribution >= 0.6 is 0 Å². The van der Waals surface area contributed by atoms with Crippen molar-refractivity contribution in [2.45, 2.75) is 26.4 Å². The van der Waals surface area contributed by atoms with Crippen molar-refractivity contribution in [1.82, 2.24) is 14.7 Å². The zero-order chi connectivity index (χ0) is 15.4. The normalized spacial score (nSPS) is 10.7. The second kappa shape index (κ2) is 6.35. The Bertz CT molecular complexity index is 677. The average molecular weight is 285 g/mol. The molecular weight excluding hydrogens is 266 g/mol. The summed E-state index contributed by atoms with van der Waals surface area (Å²) in [6.45, 7) is 4.22. The number of amides is 1. The maximum Gasteiger partial charge on any atom is 0.274 e. The smallest absolute Gasteiger partial charge is 0.274 e. The van der Waals surface area contributed by atoms with Crippen LogP contribution in [-0.4, -0.2) is 27.6 Å². The summed E-state index contributed by atoms with van der Waals surface area (Å²) in [4.78, 5) is 25.6. The molecule has 0 atom stereocenters. The summed E-state index contributed by atoms with van der Waals surface area (Å²) in [5.41, 5.74) is 1.12. The predicted molar refractivity (Wildman–Crippen MR) is 81.1 cm³/mol. The molecule has 0 N–H and O–H groups in total. The molecule has 0 saturated heterocycles. The van der Waals surface area contributed by atoms with E-state index in [1.807, 2.05) is 44.2 Å². The van der Waals surface area contributed by atoms with Crippen LogP contribution in [0, 0.1) is 0 Å². The van der Waals surface area contributed by atoms with Gasteiger partial charge >= 0.3 is 0 Å². The molecule has 1 heterocycles. The first kappa shape index (κ1) is 15.0. The molecule has 0 aliphatic carbocycles. The second-order valence-corrected chi connectivity index (χ2v) is 5.24. The third-order valence-electron chi connectivity index (χ3n) is 3.14. The van der Waals surface area contributed by atoms with Crippen molar-refractivity contribution in [2.75, 3.05) is 7.05 Å². The summed E-state index contributed by atoms with van der Waals surface area (Å²) < 4.78 is 1.32. The highest BCUT2D eigenvalue weighted by Crippen LogP contribution is 2.07. The van der Waals surface area contributed by atoms with E-state index in [2.05, 4.69) is 5.10 Å². The van der Waals surface area contributed by atoms with Gasteiger partial charge in [0, 0.05) is 19.7 Å². The molecule has 5 heteroatoms. The Morgan fingerprint density at radius 3 is 2.48 bits per heavy atom. The highest BCUT2D eigenvalue weighted by atomic mass is 16.2. The number of carbonyl (C=O) groups is 1. The van der Waals surface area contributed by atoms with Crippen molar-refractivity contribution < 1.29 is 4.79 Å². The number of hydrogen-bond donors (Lipinski definition) is 0. The molecule has 0 saturated carbocycles. The Balaban J connectivity index is 2.20. The van der Waals surface area contributed by atoms with Gasteiger partial charge in [0.15, 0.2) is 0 Å². The second-order valence-electron chi connectivity index (χ2n) is 5.24. The van der Waals surface area contributed by atoms with E-state index < -0.39 is 0 Å². The minimum Gasteiger partial charge on any atom is -0.336 e. The fourth-order valence-electron chi connectivity index (χ4n) is 2.03. The van der Waals surface area contributed by atoms with Gasteiger partial charge in [-0.3, -0.25) is 9.59 Å². The fraction of sp³-hybridized carbons (Fsp3) is 0.312. The number of hydrogen-bond acceptors (Lipinski definition) is 3. The number of benzene rings is 1. The van der Waals surface area contributed by atoms with Gasteiger partial charge in [0.1, 0.15) is 5.69 Å². The van der Waals surface area contributed by atoms with Crippen LogP contribution < -0.4 is 5.56 Å². The van der Waals surface area contributed by atoms with Crippen LogP contribution in [0.4, 0.5) is 0 Å². The summed E-state index contributed by atoms with van der Waals surface area (Å²) in [5, 5.41) is 4.15. The molecule has 110 valence electrons. The van der Waals surface area contributed by atoms with Crippen LogP contribution in [0.25, 0.3) is 0 Å². The van der Waals surface area contributed by atoms with Gasteiger partial charge in [0.25, 0.3) is 11.5 Å². The van der Waals surface area contributed by atoms with Crippen molar-refractivity contribution in [1.29, 1.82) is 0 Å². The Labute approximate surface area is 123 Å². The fourth-order valence-corrected chi connectivity index (χ4v) is 2.03. The number of nitrogens with zero attached hydrogens (tertiary/aromatic N) is 3. The molecule has 0 radical (unpaired) electrons. The quantitative estimate of drug-likeness (QED) is 0.864. The van der Waals surface area contributed by atoms with Crippen molar-refractivity contribution in [3.8, 4) is 0 Å². The van der Waals surface area contributed by atoms with E-state index in [0.717, 1.165) is 5.56 Å². The molecule has 0 aliphatic rings. The third kappa shape index (κ3) is 3.56. The number of rotatable bonds is 4. The topological polar surface area (TPSA) is 55.2 Å². The predicted octanol–water partition coefficient (Wildman–Crippen LogP) is 2.10. The molecule has 0 fully saturated rings. The van der Waals surface area contributed by atoms with E-state index in [1.54, 1.807) is 11.9 Å². The largest absolute Gasteiger partial charge is 0.336 e. The Morgan fingerprint density at radius 2 is 1.86 bits per heavy atom. The van der Waals surface area contributed by atoms with Gasteiger partial charge in [0.2, 0.25) is 0 Å². The molecule has 21 heavy (non-hydrogen) atoms. The van der Waals surface area contributed by atoms with E-state index in [0.29, 0.717) is 6.54 Å². The van der Waals surface area contributed by atoms with Gasteiger partial charge < -0.3 is 4.90 Å². The molecule has 0 aliphatic heterocycles. The van der Waals surface area contributed by atoms with Gasteiger partial charge in [-0.1, -0.05) is 30.3 Å². The highest BCUT2D eigenvalue weighted by Gasteiger charge is 2.15. The first-order chi connectivity index (χ1) is 9.99. The minimum absolute atomic E-state index is 0.0790. The molecule has 0 spiro atoms. The van der Waals surface area contributed by atoms with Crippen LogP contribution in [0.15, 0.2) is 47.3 Å². The van der Waals surface area contributed by atoms with Crippen molar-refractivity contribution in [3.63, 3.8) is 0 Å². The van der Waals surface area contributed by atoms with Crippen LogP contribution in [0.2, 0.25) is 0 Å². The van der Waals surface area contributed by atoms with Crippen molar-refractivity contribution in [2.24, 2.45) is 0 Å². The molecule has 0 bridgehead atoms. The average Bonchev–Trinajstić information content (AvgIpc) is 2.47. The van der Waals surface area contributed by atoms with Crippen molar-refractivity contribution in [3.05, 3.63) is 64.1 Å². The molecular formula is C16H19N3O2. The highest BCUT2D eigenvalue weighted by molar-refractivity contribution is 5.91. The summed E-state index contributed by atoms with van der Waals surface area (Å²) >= 11 is 0. The summed E-state index contributed by atoms with van der Waals surface area (Å²) in [6.07, 6.45) is 0. The third-order valence-corrected chi connectivity index (χ3v) is 3.14. The standard InChI is InChI=1S/C16H19N3O2/c1-12(2)19-15(20)10-9-14(17-19)16(21)18(3)11-13-7-5-4-6-8-13/h4-10,12H,11H2,1-3H3. The van der Waals surface area contributed by atoms with Gasteiger partial charge in [-0.25, -0.2) is 4.68 Å². The zero-order valence-corrected chi connectivity index (χ0v) is 12.5. The van der Waals surface area contributed by atoms with Crippen molar-refractivity contribution >= 4 is 5.91 Å². The lowest BCUT2D eigenvalue weighted by atomic mass is 10.2. The lowest BCUT2D eigenvalue weighted by Gasteiger charge is -2.17. The molecule has 5 nitrogen and oxygen atoms in total. The number of aromatic nitrogens is 2. The maximum atomic E-state index is 12.4. The summed E-state index contributed by atoms with van der Waals surface area (Å²) in [7, 11) is 1.72. The lowest BCUT2D eigenvalue weighted by molar-refractivity contribution is 0.0776. The molecule has 2 rings (SSSR count). The van der Waals surface area contributed by atoms with E-state index >= 15 is 0 Å². The lowest BCUT2D eigenvalue weighted by Crippen LogP contribution is -2.31. The van der Waals surface area contributed by atoms with Crippen LogP contribution in [0.1, 0.15) is 35.9 Å². The molecule has 0 unspecified atom stereocenters. The van der Waals surface area contributed by atoms with E-state index in [1.165, 1.54) is 16.8 Å².